The van der Waals surface area contributed by atoms with Gasteiger partial charge in [-0.3, -0.25) is 4.98 Å². The van der Waals surface area contributed by atoms with Crippen molar-refractivity contribution in [3.8, 4) is 5.75 Å². The smallest absolute Gasteiger partial charge is 0.341 e. The van der Waals surface area contributed by atoms with Crippen LogP contribution in [-0.4, -0.2) is 22.7 Å². The van der Waals surface area contributed by atoms with E-state index < -0.39 is 5.97 Å². The average molecular weight is 221 g/mol. The highest BCUT2D eigenvalue weighted by Gasteiger charge is 2.19. The first-order chi connectivity index (χ1) is 7.49. The Kier molecular flexibility index (Phi) is 3.66. The van der Waals surface area contributed by atoms with Crippen molar-refractivity contribution >= 4 is 5.97 Å². The summed E-state index contributed by atoms with van der Waals surface area (Å²) in [5, 5.41) is 9.12. The van der Waals surface area contributed by atoms with Crippen molar-refractivity contribution in [2.75, 3.05) is 6.61 Å². The molecule has 0 aromatic carbocycles. The zero-order valence-electron chi connectivity index (χ0n) is 9.70. The number of hydrogen-bond acceptors (Lipinski definition) is 3. The molecule has 0 atom stereocenters. The van der Waals surface area contributed by atoms with Crippen molar-refractivity contribution < 1.29 is 14.6 Å². The summed E-state index contributed by atoms with van der Waals surface area (Å²) < 4.78 is 5.40. The van der Waals surface area contributed by atoms with Gasteiger partial charge in [0.2, 0.25) is 0 Å². The minimum absolute atomic E-state index is 0.130. The molecule has 0 aliphatic rings. The van der Waals surface area contributed by atoms with Gasteiger partial charge < -0.3 is 9.84 Å². The van der Waals surface area contributed by atoms with E-state index in [4.69, 9.17) is 9.84 Å². The minimum Gasteiger partial charge on any atom is -0.488 e. The number of carboxylic acid groups (broad SMARTS) is 1. The Labute approximate surface area is 94.6 Å². The van der Waals surface area contributed by atoms with Gasteiger partial charge in [-0.25, -0.2) is 4.79 Å². The maximum atomic E-state index is 11.1. The van der Waals surface area contributed by atoms with Gasteiger partial charge in [-0.15, -0.1) is 0 Å². The Hall–Kier alpha value is -1.84. The van der Waals surface area contributed by atoms with Gasteiger partial charge in [-0.1, -0.05) is 12.7 Å². The molecule has 1 N–H and O–H groups in total. The summed E-state index contributed by atoms with van der Waals surface area (Å²) >= 11 is 0. The van der Waals surface area contributed by atoms with Crippen molar-refractivity contribution in [3.63, 3.8) is 0 Å². The average Bonchev–Trinajstić information content (AvgIpc) is 2.20. The fourth-order valence-electron chi connectivity index (χ4n) is 1.48. The van der Waals surface area contributed by atoms with E-state index in [-0.39, 0.29) is 12.2 Å². The molecule has 0 saturated heterocycles. The molecule has 16 heavy (non-hydrogen) atoms. The van der Waals surface area contributed by atoms with Crippen molar-refractivity contribution in [3.05, 3.63) is 35.2 Å². The molecule has 1 aromatic rings. The number of hydrogen-bond donors (Lipinski definition) is 1. The van der Waals surface area contributed by atoms with Gasteiger partial charge in [0.1, 0.15) is 17.9 Å². The third kappa shape index (κ3) is 2.21. The SMILES string of the molecule is C=CCOc1c(C)c(C)nc(C)c1C(=O)O. The van der Waals surface area contributed by atoms with Crippen LogP contribution in [0.1, 0.15) is 27.3 Å². The standard InChI is InChI=1S/C12H15NO3/c1-5-6-16-11-7(2)8(3)13-9(4)10(11)12(14)15/h5H,1,6H2,2-4H3,(H,14,15). The molecule has 0 radical (unpaired) electrons. The summed E-state index contributed by atoms with van der Waals surface area (Å²) in [5.41, 5.74) is 2.13. The zero-order chi connectivity index (χ0) is 12.3. The van der Waals surface area contributed by atoms with Gasteiger partial charge in [-0.05, 0) is 20.8 Å². The van der Waals surface area contributed by atoms with Crippen molar-refractivity contribution in [1.82, 2.24) is 4.98 Å². The highest BCUT2D eigenvalue weighted by atomic mass is 16.5. The second kappa shape index (κ2) is 4.79. The predicted octanol–water partition coefficient (Wildman–Crippen LogP) is 2.27. The van der Waals surface area contributed by atoms with E-state index in [1.807, 2.05) is 6.92 Å². The first kappa shape index (κ1) is 12.2. The number of ether oxygens (including phenoxy) is 1. The maximum Gasteiger partial charge on any atom is 0.341 e. The Morgan fingerprint density at radius 2 is 2.06 bits per heavy atom. The van der Waals surface area contributed by atoms with Crippen LogP contribution >= 0.6 is 0 Å². The van der Waals surface area contributed by atoms with Crippen LogP contribution in [0.25, 0.3) is 0 Å². The number of rotatable bonds is 4. The largest absolute Gasteiger partial charge is 0.488 e. The lowest BCUT2D eigenvalue weighted by Gasteiger charge is -2.14. The summed E-state index contributed by atoms with van der Waals surface area (Å²) in [4.78, 5) is 15.3. The maximum absolute atomic E-state index is 11.1. The number of aryl methyl sites for hydroxylation is 2. The third-order valence-electron chi connectivity index (χ3n) is 2.37. The molecular weight excluding hydrogens is 206 g/mol. The van der Waals surface area contributed by atoms with Crippen molar-refractivity contribution in [2.45, 2.75) is 20.8 Å². The van der Waals surface area contributed by atoms with Gasteiger partial charge in [0.05, 0.1) is 5.69 Å². The van der Waals surface area contributed by atoms with E-state index in [1.165, 1.54) is 0 Å². The molecule has 0 aliphatic carbocycles. The predicted molar refractivity (Wildman–Crippen MR) is 61.1 cm³/mol. The molecule has 0 fully saturated rings. The Morgan fingerprint density at radius 1 is 1.44 bits per heavy atom. The number of nitrogens with zero attached hydrogens (tertiary/aromatic N) is 1. The molecule has 1 aromatic heterocycles. The molecule has 0 spiro atoms. The van der Waals surface area contributed by atoms with Crippen molar-refractivity contribution in [1.29, 1.82) is 0 Å². The van der Waals surface area contributed by atoms with E-state index in [2.05, 4.69) is 11.6 Å². The number of carboxylic acids is 1. The summed E-state index contributed by atoms with van der Waals surface area (Å²) in [7, 11) is 0. The number of carbonyl (C=O) groups is 1. The van der Waals surface area contributed by atoms with Crippen LogP contribution in [0.2, 0.25) is 0 Å². The van der Waals surface area contributed by atoms with Crippen LogP contribution in [0.15, 0.2) is 12.7 Å². The van der Waals surface area contributed by atoms with Gasteiger partial charge in [0, 0.05) is 11.3 Å². The fraction of sp³-hybridized carbons (Fsp3) is 0.333. The van der Waals surface area contributed by atoms with Gasteiger partial charge >= 0.3 is 5.97 Å². The Balaban J connectivity index is 3.38. The molecule has 0 bridgehead atoms. The molecule has 0 amide bonds. The summed E-state index contributed by atoms with van der Waals surface area (Å²) in [6, 6.07) is 0. The quantitative estimate of drug-likeness (QED) is 0.792. The molecule has 1 rings (SSSR count). The first-order valence-corrected chi connectivity index (χ1v) is 4.93. The fourth-order valence-corrected chi connectivity index (χ4v) is 1.48. The van der Waals surface area contributed by atoms with Crippen LogP contribution in [0.4, 0.5) is 0 Å². The number of aromatic nitrogens is 1. The Bertz CT molecular complexity index is 438. The monoisotopic (exact) mass is 221 g/mol. The molecule has 0 aliphatic heterocycles. The van der Waals surface area contributed by atoms with Gasteiger partial charge in [-0.2, -0.15) is 0 Å². The summed E-state index contributed by atoms with van der Waals surface area (Å²) in [5.74, 6) is -0.635. The second-order valence-electron chi connectivity index (χ2n) is 3.52. The molecule has 4 nitrogen and oxygen atoms in total. The van der Waals surface area contributed by atoms with Crippen LogP contribution in [0.5, 0.6) is 5.75 Å². The molecule has 86 valence electrons. The van der Waals surface area contributed by atoms with E-state index in [1.54, 1.807) is 19.9 Å². The lowest BCUT2D eigenvalue weighted by Crippen LogP contribution is -2.10. The highest BCUT2D eigenvalue weighted by Crippen LogP contribution is 2.27. The highest BCUT2D eigenvalue weighted by molar-refractivity contribution is 5.92. The number of aromatic carboxylic acids is 1. The molecule has 1 heterocycles. The van der Waals surface area contributed by atoms with Crippen LogP contribution < -0.4 is 4.74 Å². The third-order valence-corrected chi connectivity index (χ3v) is 2.37. The minimum atomic E-state index is -1.02. The summed E-state index contributed by atoms with van der Waals surface area (Å²) in [6.45, 7) is 9.11. The lowest BCUT2D eigenvalue weighted by molar-refractivity contribution is 0.0691. The van der Waals surface area contributed by atoms with Crippen LogP contribution in [-0.2, 0) is 0 Å². The molecular formula is C12H15NO3. The normalized spacial score (nSPS) is 9.94. The lowest BCUT2D eigenvalue weighted by atomic mass is 10.1. The zero-order valence-corrected chi connectivity index (χ0v) is 9.70. The van der Waals surface area contributed by atoms with Gasteiger partial charge in [0.25, 0.3) is 0 Å². The van der Waals surface area contributed by atoms with Crippen molar-refractivity contribution in [2.24, 2.45) is 0 Å². The number of pyridine rings is 1. The first-order valence-electron chi connectivity index (χ1n) is 4.93. The van der Waals surface area contributed by atoms with Crippen LogP contribution in [0.3, 0.4) is 0 Å². The van der Waals surface area contributed by atoms with Gasteiger partial charge in [0.15, 0.2) is 0 Å². The van der Waals surface area contributed by atoms with E-state index >= 15 is 0 Å². The molecule has 0 saturated carbocycles. The van der Waals surface area contributed by atoms with E-state index in [0.717, 1.165) is 11.3 Å². The Morgan fingerprint density at radius 3 is 2.56 bits per heavy atom. The van der Waals surface area contributed by atoms with E-state index in [9.17, 15) is 4.79 Å². The molecule has 4 heteroatoms. The summed E-state index contributed by atoms with van der Waals surface area (Å²) in [6.07, 6.45) is 1.58. The second-order valence-corrected chi connectivity index (χ2v) is 3.52. The molecule has 0 unspecified atom stereocenters. The van der Waals surface area contributed by atoms with E-state index in [0.29, 0.717) is 11.4 Å². The van der Waals surface area contributed by atoms with Crippen LogP contribution in [0, 0.1) is 20.8 Å². The topological polar surface area (TPSA) is 59.4 Å².